The molecule has 1 aromatic heterocycles. The molecule has 0 unspecified atom stereocenters. The Labute approximate surface area is 191 Å². The maximum absolute atomic E-state index is 13.9. The van der Waals surface area contributed by atoms with E-state index in [4.69, 9.17) is 19.9 Å². The van der Waals surface area contributed by atoms with Crippen LogP contribution < -0.4 is 19.9 Å². The summed E-state index contributed by atoms with van der Waals surface area (Å²) < 4.78 is 98.0. The first kappa shape index (κ1) is 25.5. The zero-order chi connectivity index (χ0) is 25.3. The third kappa shape index (κ3) is 4.89. The highest BCUT2D eigenvalue weighted by Gasteiger charge is 2.39. The highest BCUT2D eigenvalue weighted by atomic mass is 19.4. The van der Waals surface area contributed by atoms with Crippen molar-refractivity contribution in [3.8, 4) is 28.5 Å². The van der Waals surface area contributed by atoms with Crippen LogP contribution in [0.4, 0.5) is 26.3 Å². The van der Waals surface area contributed by atoms with Gasteiger partial charge in [-0.05, 0) is 55.6 Å². The average Bonchev–Trinajstić information content (AvgIpc) is 3.14. The normalized spacial score (nSPS) is 12.3. The van der Waals surface area contributed by atoms with Crippen LogP contribution in [0.1, 0.15) is 29.5 Å². The third-order valence-corrected chi connectivity index (χ3v) is 5.47. The van der Waals surface area contributed by atoms with Gasteiger partial charge in [0.15, 0.2) is 11.5 Å². The molecule has 5 nitrogen and oxygen atoms in total. The fraction of sp³-hybridized carbons (Fsp3) is 0.391. The molecule has 3 rings (SSSR count). The number of ether oxygens (including phenoxy) is 3. The molecule has 186 valence electrons. The molecule has 0 fully saturated rings. The summed E-state index contributed by atoms with van der Waals surface area (Å²) in [6.45, 7) is 0.326. The second-order valence-corrected chi connectivity index (χ2v) is 7.58. The standard InChI is InChI=1S/C23H24F6N2O3/c1-32-17-8-12(9-18(33-2)21(17)34-3)20-14(6-4-5-7-30)19-15(23(27,28)29)10-13(22(24,25)26)11-16(19)31-20/h8-11,31H,4-7,30H2,1-3H3. The molecule has 11 heteroatoms. The van der Waals surface area contributed by atoms with E-state index >= 15 is 0 Å². The van der Waals surface area contributed by atoms with Crippen molar-refractivity contribution in [3.05, 3.63) is 41.0 Å². The SMILES string of the molecule is COc1cc(-c2[nH]c3cc(C(F)(F)F)cc(C(F)(F)F)c3c2CCCCN)cc(OC)c1OC. The topological polar surface area (TPSA) is 69.5 Å². The number of H-pyrrole nitrogens is 1. The predicted octanol–water partition coefficient (Wildman–Crippen LogP) is 6.18. The summed E-state index contributed by atoms with van der Waals surface area (Å²) in [7, 11) is 4.16. The van der Waals surface area contributed by atoms with Gasteiger partial charge < -0.3 is 24.9 Å². The molecule has 3 aromatic rings. The molecule has 0 aliphatic rings. The molecule has 2 aromatic carbocycles. The summed E-state index contributed by atoms with van der Waals surface area (Å²) in [5.41, 5.74) is 3.37. The lowest BCUT2D eigenvalue weighted by Gasteiger charge is -2.15. The monoisotopic (exact) mass is 490 g/mol. The number of fused-ring (bicyclic) bond motifs is 1. The first-order valence-electron chi connectivity index (χ1n) is 10.3. The number of aryl methyl sites for hydroxylation is 1. The van der Waals surface area contributed by atoms with Crippen molar-refractivity contribution in [1.82, 2.24) is 4.98 Å². The van der Waals surface area contributed by atoms with Gasteiger partial charge in [-0.2, -0.15) is 26.3 Å². The Kier molecular flexibility index (Phi) is 7.25. The number of aromatic nitrogens is 1. The molecule has 0 saturated carbocycles. The number of hydrogen-bond donors (Lipinski definition) is 2. The smallest absolute Gasteiger partial charge is 0.417 e. The van der Waals surface area contributed by atoms with Gasteiger partial charge in [-0.3, -0.25) is 0 Å². The van der Waals surface area contributed by atoms with Gasteiger partial charge in [-0.25, -0.2) is 0 Å². The third-order valence-electron chi connectivity index (χ3n) is 5.47. The largest absolute Gasteiger partial charge is 0.493 e. The molecule has 0 saturated heterocycles. The van der Waals surface area contributed by atoms with Crippen LogP contribution >= 0.6 is 0 Å². The van der Waals surface area contributed by atoms with Crippen molar-refractivity contribution in [1.29, 1.82) is 0 Å². The number of nitrogens with two attached hydrogens (primary N) is 1. The Morgan fingerprint density at radius 1 is 0.824 bits per heavy atom. The number of benzene rings is 2. The van der Waals surface area contributed by atoms with Crippen LogP contribution in [0.15, 0.2) is 24.3 Å². The molecule has 34 heavy (non-hydrogen) atoms. The van der Waals surface area contributed by atoms with Gasteiger partial charge in [0.2, 0.25) is 5.75 Å². The zero-order valence-corrected chi connectivity index (χ0v) is 18.7. The Morgan fingerprint density at radius 3 is 1.91 bits per heavy atom. The maximum atomic E-state index is 13.9. The van der Waals surface area contributed by atoms with Crippen LogP contribution in [0.25, 0.3) is 22.2 Å². The summed E-state index contributed by atoms with van der Waals surface area (Å²) in [4.78, 5) is 2.79. The van der Waals surface area contributed by atoms with E-state index in [0.29, 0.717) is 31.0 Å². The average molecular weight is 490 g/mol. The van der Waals surface area contributed by atoms with Crippen LogP contribution in [0.5, 0.6) is 17.2 Å². The number of hydrogen-bond acceptors (Lipinski definition) is 4. The molecule has 1 heterocycles. The van der Waals surface area contributed by atoms with Crippen molar-refractivity contribution < 1.29 is 40.6 Å². The molecular weight excluding hydrogens is 466 g/mol. The second-order valence-electron chi connectivity index (χ2n) is 7.58. The number of unbranched alkanes of at least 4 members (excludes halogenated alkanes) is 1. The van der Waals surface area contributed by atoms with Crippen molar-refractivity contribution in [3.63, 3.8) is 0 Å². The summed E-state index contributed by atoms with van der Waals surface area (Å²) in [6.07, 6.45) is -8.82. The Bertz CT molecular complexity index is 1140. The van der Waals surface area contributed by atoms with Crippen molar-refractivity contribution >= 4 is 10.9 Å². The van der Waals surface area contributed by atoms with Gasteiger partial charge in [-0.15, -0.1) is 0 Å². The fourth-order valence-electron chi connectivity index (χ4n) is 3.96. The van der Waals surface area contributed by atoms with Gasteiger partial charge in [0.25, 0.3) is 0 Å². The minimum Gasteiger partial charge on any atom is -0.493 e. The molecule has 0 aliphatic carbocycles. The molecule has 0 amide bonds. The van der Waals surface area contributed by atoms with E-state index in [9.17, 15) is 26.3 Å². The summed E-state index contributed by atoms with van der Waals surface area (Å²) in [5.74, 6) is 0.760. The van der Waals surface area contributed by atoms with Crippen LogP contribution in [-0.4, -0.2) is 32.9 Å². The van der Waals surface area contributed by atoms with E-state index in [1.807, 2.05) is 0 Å². The molecule has 0 radical (unpaired) electrons. The molecule has 0 bridgehead atoms. The van der Waals surface area contributed by atoms with E-state index in [0.717, 1.165) is 0 Å². The van der Waals surface area contributed by atoms with Crippen LogP contribution in [0, 0.1) is 0 Å². The van der Waals surface area contributed by atoms with E-state index in [2.05, 4.69) is 4.98 Å². The first-order chi connectivity index (χ1) is 16.0. The molecule has 0 aliphatic heterocycles. The predicted molar refractivity (Wildman–Crippen MR) is 115 cm³/mol. The van der Waals surface area contributed by atoms with Gasteiger partial charge >= 0.3 is 12.4 Å². The number of alkyl halides is 6. The van der Waals surface area contributed by atoms with Gasteiger partial charge in [0, 0.05) is 22.2 Å². The number of methoxy groups -OCH3 is 3. The van der Waals surface area contributed by atoms with Crippen molar-refractivity contribution in [2.75, 3.05) is 27.9 Å². The highest BCUT2D eigenvalue weighted by Crippen LogP contribution is 2.46. The Morgan fingerprint density at radius 2 is 1.44 bits per heavy atom. The minimum atomic E-state index is -5.00. The van der Waals surface area contributed by atoms with Crippen LogP contribution in [-0.2, 0) is 18.8 Å². The maximum Gasteiger partial charge on any atom is 0.417 e. The lowest BCUT2D eigenvalue weighted by atomic mass is 9.95. The fourth-order valence-corrected chi connectivity index (χ4v) is 3.96. The molecular formula is C23H24F6N2O3. The molecule has 0 atom stereocenters. The van der Waals surface area contributed by atoms with E-state index in [1.165, 1.54) is 33.5 Å². The zero-order valence-electron chi connectivity index (χ0n) is 18.7. The minimum absolute atomic E-state index is 0.154. The summed E-state index contributed by atoms with van der Waals surface area (Å²) >= 11 is 0. The van der Waals surface area contributed by atoms with E-state index in [-0.39, 0.29) is 51.9 Å². The lowest BCUT2D eigenvalue weighted by molar-refractivity contribution is -0.142. The van der Waals surface area contributed by atoms with Crippen molar-refractivity contribution in [2.45, 2.75) is 31.6 Å². The van der Waals surface area contributed by atoms with E-state index < -0.39 is 23.5 Å². The Balaban J connectivity index is 2.39. The van der Waals surface area contributed by atoms with Crippen LogP contribution in [0.3, 0.4) is 0 Å². The van der Waals surface area contributed by atoms with Crippen LogP contribution in [0.2, 0.25) is 0 Å². The molecule has 0 spiro atoms. The summed E-state index contributed by atoms with van der Waals surface area (Å²) in [5, 5.41) is -0.304. The number of halogens is 6. The van der Waals surface area contributed by atoms with Gasteiger partial charge in [0.05, 0.1) is 32.5 Å². The van der Waals surface area contributed by atoms with E-state index in [1.54, 1.807) is 0 Å². The highest BCUT2D eigenvalue weighted by molar-refractivity contribution is 5.94. The molecule has 3 N–H and O–H groups in total. The second kappa shape index (κ2) is 9.65. The van der Waals surface area contributed by atoms with Gasteiger partial charge in [0.1, 0.15) is 0 Å². The quantitative estimate of drug-likeness (QED) is 0.292. The number of rotatable bonds is 8. The Hall–Kier alpha value is -3.08. The summed E-state index contributed by atoms with van der Waals surface area (Å²) in [6, 6.07) is 3.90. The number of aromatic amines is 1. The van der Waals surface area contributed by atoms with Gasteiger partial charge in [-0.1, -0.05) is 0 Å². The van der Waals surface area contributed by atoms with Crippen molar-refractivity contribution in [2.24, 2.45) is 5.73 Å². The lowest BCUT2D eigenvalue weighted by Crippen LogP contribution is -2.11. The first-order valence-corrected chi connectivity index (χ1v) is 10.3. The number of nitrogens with one attached hydrogen (secondary N) is 1.